The molecule has 1 aliphatic rings. The Bertz CT molecular complexity index is 385. The summed E-state index contributed by atoms with van der Waals surface area (Å²) in [5, 5.41) is 2.70. The van der Waals surface area contributed by atoms with E-state index < -0.39 is 11.6 Å². The Balaban J connectivity index is 2.27. The van der Waals surface area contributed by atoms with Gasteiger partial charge in [0, 0.05) is 12.0 Å². The molecule has 1 N–H and O–H groups in total. The SMILES string of the molecule is CC1CC(c2cc(F)cc(F)c2)NC1=O. The van der Waals surface area contributed by atoms with E-state index in [4.69, 9.17) is 0 Å². The smallest absolute Gasteiger partial charge is 0.223 e. The first-order chi connectivity index (χ1) is 7.06. The van der Waals surface area contributed by atoms with Crippen molar-refractivity contribution in [2.45, 2.75) is 19.4 Å². The molecule has 0 bridgehead atoms. The minimum absolute atomic E-state index is 0.0651. The van der Waals surface area contributed by atoms with Gasteiger partial charge in [0.15, 0.2) is 0 Å². The third-order valence-electron chi connectivity index (χ3n) is 2.64. The van der Waals surface area contributed by atoms with Crippen LogP contribution < -0.4 is 5.32 Å². The number of hydrogen-bond donors (Lipinski definition) is 1. The van der Waals surface area contributed by atoms with Gasteiger partial charge in [-0.1, -0.05) is 6.92 Å². The topological polar surface area (TPSA) is 29.1 Å². The van der Waals surface area contributed by atoms with Crippen molar-refractivity contribution in [3.63, 3.8) is 0 Å². The monoisotopic (exact) mass is 211 g/mol. The molecule has 1 amide bonds. The Hall–Kier alpha value is -1.45. The van der Waals surface area contributed by atoms with Gasteiger partial charge in [0.1, 0.15) is 11.6 Å². The molecule has 2 atom stereocenters. The van der Waals surface area contributed by atoms with E-state index in [0.29, 0.717) is 12.0 Å². The van der Waals surface area contributed by atoms with Crippen LogP contribution in [0.15, 0.2) is 18.2 Å². The van der Waals surface area contributed by atoms with Crippen LogP contribution in [0, 0.1) is 17.6 Å². The highest BCUT2D eigenvalue weighted by Crippen LogP contribution is 2.28. The second kappa shape index (κ2) is 3.61. The molecule has 1 fully saturated rings. The Morgan fingerprint density at radius 2 is 1.87 bits per heavy atom. The van der Waals surface area contributed by atoms with Crippen LogP contribution in [-0.2, 0) is 4.79 Å². The van der Waals surface area contributed by atoms with Crippen LogP contribution in [0.4, 0.5) is 8.78 Å². The van der Waals surface area contributed by atoms with Crippen molar-refractivity contribution in [3.05, 3.63) is 35.4 Å². The lowest BCUT2D eigenvalue weighted by Gasteiger charge is -2.10. The Morgan fingerprint density at radius 1 is 1.27 bits per heavy atom. The average molecular weight is 211 g/mol. The summed E-state index contributed by atoms with van der Waals surface area (Å²) in [5.41, 5.74) is 0.491. The normalized spacial score (nSPS) is 25.4. The molecule has 0 aromatic heterocycles. The highest BCUT2D eigenvalue weighted by Gasteiger charge is 2.29. The summed E-state index contributed by atoms with van der Waals surface area (Å²) in [6, 6.07) is 3.07. The number of hydrogen-bond acceptors (Lipinski definition) is 1. The zero-order chi connectivity index (χ0) is 11.0. The quantitative estimate of drug-likeness (QED) is 0.757. The highest BCUT2D eigenvalue weighted by molar-refractivity contribution is 5.81. The number of carbonyl (C=O) groups excluding carboxylic acids is 1. The van der Waals surface area contributed by atoms with Gasteiger partial charge in [-0.25, -0.2) is 8.78 Å². The number of nitrogens with one attached hydrogen (secondary N) is 1. The van der Waals surface area contributed by atoms with Crippen molar-refractivity contribution in [1.82, 2.24) is 5.32 Å². The molecular weight excluding hydrogens is 200 g/mol. The molecular formula is C11H11F2NO. The van der Waals surface area contributed by atoms with Crippen LogP contribution in [0.25, 0.3) is 0 Å². The van der Waals surface area contributed by atoms with Gasteiger partial charge in [-0.2, -0.15) is 0 Å². The van der Waals surface area contributed by atoms with E-state index in [9.17, 15) is 13.6 Å². The predicted octanol–water partition coefficient (Wildman–Crippen LogP) is 2.16. The summed E-state index contributed by atoms with van der Waals surface area (Å²) in [5.74, 6) is -1.39. The fourth-order valence-electron chi connectivity index (χ4n) is 1.83. The third kappa shape index (κ3) is 1.98. The average Bonchev–Trinajstić information content (AvgIpc) is 2.45. The summed E-state index contributed by atoms with van der Waals surface area (Å²) in [7, 11) is 0. The molecule has 1 aliphatic heterocycles. The third-order valence-corrected chi connectivity index (χ3v) is 2.64. The minimum Gasteiger partial charge on any atom is -0.349 e. The number of benzene rings is 1. The lowest BCUT2D eigenvalue weighted by Crippen LogP contribution is -2.20. The zero-order valence-electron chi connectivity index (χ0n) is 8.26. The molecule has 80 valence electrons. The number of halogens is 2. The molecule has 0 saturated carbocycles. The van der Waals surface area contributed by atoms with E-state index in [1.165, 1.54) is 12.1 Å². The van der Waals surface area contributed by atoms with Gasteiger partial charge >= 0.3 is 0 Å². The van der Waals surface area contributed by atoms with Crippen molar-refractivity contribution < 1.29 is 13.6 Å². The number of carbonyl (C=O) groups is 1. The molecule has 15 heavy (non-hydrogen) atoms. The van der Waals surface area contributed by atoms with Crippen LogP contribution in [0.2, 0.25) is 0 Å². The summed E-state index contributed by atoms with van der Waals surface area (Å²) in [6.45, 7) is 1.80. The van der Waals surface area contributed by atoms with Gasteiger partial charge in [0.05, 0.1) is 6.04 Å². The maximum absolute atomic E-state index is 12.9. The van der Waals surface area contributed by atoms with E-state index in [2.05, 4.69) is 5.32 Å². The first-order valence-electron chi connectivity index (χ1n) is 4.82. The van der Waals surface area contributed by atoms with Crippen molar-refractivity contribution in [2.75, 3.05) is 0 Å². The van der Waals surface area contributed by atoms with Crippen molar-refractivity contribution in [2.24, 2.45) is 5.92 Å². The molecule has 1 heterocycles. The summed E-state index contributed by atoms with van der Waals surface area (Å²) in [4.78, 5) is 11.2. The summed E-state index contributed by atoms with van der Waals surface area (Å²) in [6.07, 6.45) is 0.585. The predicted molar refractivity (Wildman–Crippen MR) is 51.0 cm³/mol. The van der Waals surface area contributed by atoms with E-state index >= 15 is 0 Å². The zero-order valence-corrected chi connectivity index (χ0v) is 8.26. The first-order valence-corrected chi connectivity index (χ1v) is 4.82. The number of amides is 1. The molecule has 0 aliphatic carbocycles. The van der Waals surface area contributed by atoms with Crippen LogP contribution in [0.5, 0.6) is 0 Å². The first kappa shape index (κ1) is 10.1. The molecule has 1 aromatic carbocycles. The van der Waals surface area contributed by atoms with Crippen LogP contribution in [0.1, 0.15) is 24.9 Å². The molecule has 0 radical (unpaired) electrons. The molecule has 0 spiro atoms. The lowest BCUT2D eigenvalue weighted by atomic mass is 10.0. The summed E-state index contributed by atoms with van der Waals surface area (Å²) >= 11 is 0. The van der Waals surface area contributed by atoms with E-state index in [1.807, 2.05) is 0 Å². The minimum atomic E-state index is -0.612. The number of rotatable bonds is 1. The molecule has 1 saturated heterocycles. The van der Waals surface area contributed by atoms with Crippen molar-refractivity contribution in [3.8, 4) is 0 Å². The second-order valence-corrected chi connectivity index (χ2v) is 3.90. The van der Waals surface area contributed by atoms with Gasteiger partial charge < -0.3 is 5.32 Å². The fourth-order valence-corrected chi connectivity index (χ4v) is 1.83. The molecule has 2 nitrogen and oxygen atoms in total. The van der Waals surface area contributed by atoms with Crippen molar-refractivity contribution >= 4 is 5.91 Å². The standard InChI is InChI=1S/C11H11F2NO/c1-6-2-10(14-11(6)15)7-3-8(12)5-9(13)4-7/h3-6,10H,2H2,1H3,(H,14,15). The second-order valence-electron chi connectivity index (χ2n) is 3.90. The van der Waals surface area contributed by atoms with Gasteiger partial charge in [0.2, 0.25) is 5.91 Å². The van der Waals surface area contributed by atoms with E-state index in [-0.39, 0.29) is 17.9 Å². The molecule has 2 rings (SSSR count). The Morgan fingerprint density at radius 3 is 2.33 bits per heavy atom. The van der Waals surface area contributed by atoms with Gasteiger partial charge in [0.25, 0.3) is 0 Å². The van der Waals surface area contributed by atoms with Crippen LogP contribution in [0.3, 0.4) is 0 Å². The Labute approximate surface area is 86.3 Å². The van der Waals surface area contributed by atoms with Gasteiger partial charge in [-0.15, -0.1) is 0 Å². The van der Waals surface area contributed by atoms with Crippen LogP contribution in [-0.4, -0.2) is 5.91 Å². The molecule has 4 heteroatoms. The van der Waals surface area contributed by atoms with Crippen LogP contribution >= 0.6 is 0 Å². The maximum atomic E-state index is 12.9. The Kier molecular flexibility index (Phi) is 2.42. The van der Waals surface area contributed by atoms with Gasteiger partial charge in [-0.05, 0) is 24.1 Å². The van der Waals surface area contributed by atoms with E-state index in [1.54, 1.807) is 6.92 Å². The largest absolute Gasteiger partial charge is 0.349 e. The van der Waals surface area contributed by atoms with E-state index in [0.717, 1.165) is 6.07 Å². The highest BCUT2D eigenvalue weighted by atomic mass is 19.1. The van der Waals surface area contributed by atoms with Crippen molar-refractivity contribution in [1.29, 1.82) is 0 Å². The molecule has 2 unspecified atom stereocenters. The lowest BCUT2D eigenvalue weighted by molar-refractivity contribution is -0.122. The maximum Gasteiger partial charge on any atom is 0.223 e. The van der Waals surface area contributed by atoms with Gasteiger partial charge in [-0.3, -0.25) is 4.79 Å². The fraction of sp³-hybridized carbons (Fsp3) is 0.364. The summed E-state index contributed by atoms with van der Waals surface area (Å²) < 4.78 is 25.8. The molecule has 1 aromatic rings.